The third-order valence-electron chi connectivity index (χ3n) is 3.84. The van der Waals surface area contributed by atoms with Crippen LogP contribution in [0.1, 0.15) is 33.1 Å². The van der Waals surface area contributed by atoms with Gasteiger partial charge in [-0.05, 0) is 26.7 Å². The van der Waals surface area contributed by atoms with E-state index in [0.717, 1.165) is 0 Å². The molecule has 0 aromatic carbocycles. The van der Waals surface area contributed by atoms with Crippen LogP contribution in [-0.4, -0.2) is 53.5 Å². The summed E-state index contributed by atoms with van der Waals surface area (Å²) in [5.74, 6) is -0.986. The lowest BCUT2D eigenvalue weighted by molar-refractivity contribution is -0.142. The second-order valence-corrected chi connectivity index (χ2v) is 5.69. The van der Waals surface area contributed by atoms with Crippen molar-refractivity contribution < 1.29 is 19.1 Å². The molecule has 0 saturated carbocycles. The first-order valence-corrected chi connectivity index (χ1v) is 6.88. The fourth-order valence-corrected chi connectivity index (χ4v) is 2.57. The van der Waals surface area contributed by atoms with Gasteiger partial charge in [-0.25, -0.2) is 0 Å². The number of carbonyl (C=O) groups is 3. The average molecular weight is 283 g/mol. The maximum absolute atomic E-state index is 12.2. The third-order valence-corrected chi connectivity index (χ3v) is 3.84. The zero-order valence-electron chi connectivity index (χ0n) is 11.8. The molecule has 0 aliphatic carbocycles. The van der Waals surface area contributed by atoms with Crippen molar-refractivity contribution in [1.29, 1.82) is 0 Å². The largest absolute Gasteiger partial charge is 0.381 e. The molecule has 0 spiro atoms. The minimum absolute atomic E-state index is 0.00926. The van der Waals surface area contributed by atoms with E-state index >= 15 is 0 Å². The Hall–Kier alpha value is -1.47. The highest BCUT2D eigenvalue weighted by atomic mass is 16.5. The van der Waals surface area contributed by atoms with E-state index in [-0.39, 0.29) is 30.2 Å². The molecule has 2 aliphatic heterocycles. The van der Waals surface area contributed by atoms with Crippen LogP contribution < -0.4 is 11.1 Å². The molecule has 0 aromatic heterocycles. The summed E-state index contributed by atoms with van der Waals surface area (Å²) >= 11 is 0. The Morgan fingerprint density at radius 3 is 2.50 bits per heavy atom. The van der Waals surface area contributed by atoms with Crippen LogP contribution >= 0.6 is 0 Å². The topological polar surface area (TPSA) is 102 Å². The molecule has 2 saturated heterocycles. The van der Waals surface area contributed by atoms with Crippen molar-refractivity contribution in [1.82, 2.24) is 10.2 Å². The van der Waals surface area contributed by atoms with Gasteiger partial charge < -0.3 is 15.8 Å². The molecule has 0 bridgehead atoms. The summed E-state index contributed by atoms with van der Waals surface area (Å²) in [4.78, 5) is 37.3. The van der Waals surface area contributed by atoms with Crippen LogP contribution in [0.15, 0.2) is 0 Å². The number of likely N-dealkylation sites (tertiary alicyclic amines) is 1. The van der Waals surface area contributed by atoms with Crippen LogP contribution in [0, 0.1) is 0 Å². The second kappa shape index (κ2) is 5.49. The SMILES string of the molecule is CC(C)N1C(=O)CC(NC(=O)C2(N)CCOCC2)C1=O. The van der Waals surface area contributed by atoms with Gasteiger partial charge in [0.1, 0.15) is 6.04 Å². The maximum Gasteiger partial charge on any atom is 0.252 e. The zero-order valence-corrected chi connectivity index (χ0v) is 11.8. The van der Waals surface area contributed by atoms with Crippen LogP contribution in [-0.2, 0) is 19.1 Å². The van der Waals surface area contributed by atoms with Gasteiger partial charge in [0.15, 0.2) is 0 Å². The number of imide groups is 1. The molecule has 3 amide bonds. The van der Waals surface area contributed by atoms with Crippen LogP contribution in [0.3, 0.4) is 0 Å². The summed E-state index contributed by atoms with van der Waals surface area (Å²) in [5, 5.41) is 2.62. The number of nitrogens with zero attached hydrogens (tertiary/aromatic N) is 1. The van der Waals surface area contributed by atoms with E-state index in [4.69, 9.17) is 10.5 Å². The number of carbonyl (C=O) groups excluding carboxylic acids is 3. The molecule has 3 N–H and O–H groups in total. The van der Waals surface area contributed by atoms with Crippen LogP contribution in [0.4, 0.5) is 0 Å². The van der Waals surface area contributed by atoms with Gasteiger partial charge in [0.25, 0.3) is 5.91 Å². The average Bonchev–Trinajstić information content (AvgIpc) is 2.65. The lowest BCUT2D eigenvalue weighted by Gasteiger charge is -2.32. The highest BCUT2D eigenvalue weighted by Crippen LogP contribution is 2.20. The van der Waals surface area contributed by atoms with Crippen molar-refractivity contribution >= 4 is 17.7 Å². The molecule has 2 aliphatic rings. The Morgan fingerprint density at radius 2 is 2.00 bits per heavy atom. The zero-order chi connectivity index (χ0) is 14.9. The molecule has 2 fully saturated rings. The smallest absolute Gasteiger partial charge is 0.252 e. The van der Waals surface area contributed by atoms with Gasteiger partial charge in [-0.3, -0.25) is 19.3 Å². The predicted octanol–water partition coefficient (Wildman–Crippen LogP) is -0.854. The quantitative estimate of drug-likeness (QED) is 0.657. The maximum atomic E-state index is 12.2. The van der Waals surface area contributed by atoms with Gasteiger partial charge in [0.2, 0.25) is 11.8 Å². The summed E-state index contributed by atoms with van der Waals surface area (Å²) in [5.41, 5.74) is 5.05. The van der Waals surface area contributed by atoms with E-state index in [9.17, 15) is 14.4 Å². The molecule has 2 heterocycles. The predicted molar refractivity (Wildman–Crippen MR) is 70.5 cm³/mol. The molecule has 20 heavy (non-hydrogen) atoms. The fourth-order valence-electron chi connectivity index (χ4n) is 2.57. The number of nitrogens with one attached hydrogen (secondary N) is 1. The van der Waals surface area contributed by atoms with Gasteiger partial charge in [0.05, 0.1) is 12.0 Å². The molecule has 0 radical (unpaired) electrons. The summed E-state index contributed by atoms with van der Waals surface area (Å²) < 4.78 is 5.18. The molecule has 0 aromatic rings. The van der Waals surface area contributed by atoms with Crippen molar-refractivity contribution in [2.45, 2.75) is 50.7 Å². The number of amides is 3. The standard InChI is InChI=1S/C13H21N3O4/c1-8(2)16-10(17)7-9(11(16)18)15-12(19)13(14)3-5-20-6-4-13/h8-9H,3-7,14H2,1-2H3,(H,15,19). The molecular weight excluding hydrogens is 262 g/mol. The Kier molecular flexibility index (Phi) is 4.10. The van der Waals surface area contributed by atoms with Crippen molar-refractivity contribution in [2.24, 2.45) is 5.73 Å². The summed E-state index contributed by atoms with van der Waals surface area (Å²) in [6.45, 7) is 4.39. The third kappa shape index (κ3) is 2.69. The number of hydrogen-bond acceptors (Lipinski definition) is 5. The van der Waals surface area contributed by atoms with Gasteiger partial charge >= 0.3 is 0 Å². The molecule has 112 valence electrons. The summed E-state index contributed by atoms with van der Waals surface area (Å²) in [6.07, 6.45) is 0.846. The Balaban J connectivity index is 2.02. The van der Waals surface area contributed by atoms with Crippen molar-refractivity contribution in [3.05, 3.63) is 0 Å². The Bertz CT molecular complexity index is 429. The second-order valence-electron chi connectivity index (χ2n) is 5.69. The lowest BCUT2D eigenvalue weighted by atomic mass is 9.90. The normalized spacial score (nSPS) is 26.2. The van der Waals surface area contributed by atoms with Crippen molar-refractivity contribution in [2.75, 3.05) is 13.2 Å². The minimum atomic E-state index is -1.01. The van der Waals surface area contributed by atoms with E-state index in [1.165, 1.54) is 4.90 Å². The van der Waals surface area contributed by atoms with Crippen molar-refractivity contribution in [3.63, 3.8) is 0 Å². The summed E-state index contributed by atoms with van der Waals surface area (Å²) in [6, 6.07) is -0.993. The minimum Gasteiger partial charge on any atom is -0.381 e. The van der Waals surface area contributed by atoms with Crippen LogP contribution in [0.25, 0.3) is 0 Å². The summed E-state index contributed by atoms with van der Waals surface area (Å²) in [7, 11) is 0. The van der Waals surface area contributed by atoms with Crippen LogP contribution in [0.2, 0.25) is 0 Å². The number of nitrogens with two attached hydrogens (primary N) is 1. The fraction of sp³-hybridized carbons (Fsp3) is 0.769. The van der Waals surface area contributed by atoms with Gasteiger partial charge in [0, 0.05) is 19.3 Å². The van der Waals surface area contributed by atoms with E-state index in [1.54, 1.807) is 13.8 Å². The van der Waals surface area contributed by atoms with Crippen molar-refractivity contribution in [3.8, 4) is 0 Å². The molecule has 1 atom stereocenters. The van der Waals surface area contributed by atoms with Gasteiger partial charge in [-0.15, -0.1) is 0 Å². The first kappa shape index (κ1) is 14.9. The first-order chi connectivity index (χ1) is 9.35. The first-order valence-electron chi connectivity index (χ1n) is 6.88. The highest BCUT2D eigenvalue weighted by molar-refractivity contribution is 6.07. The van der Waals surface area contributed by atoms with Crippen LogP contribution in [0.5, 0.6) is 0 Å². The van der Waals surface area contributed by atoms with Gasteiger partial charge in [-0.1, -0.05) is 0 Å². The van der Waals surface area contributed by atoms with Gasteiger partial charge in [-0.2, -0.15) is 0 Å². The lowest BCUT2D eigenvalue weighted by Crippen LogP contribution is -2.59. The van der Waals surface area contributed by atoms with E-state index < -0.39 is 11.6 Å². The van der Waals surface area contributed by atoms with E-state index in [0.29, 0.717) is 26.1 Å². The number of rotatable bonds is 3. The van der Waals surface area contributed by atoms with E-state index in [1.807, 2.05) is 0 Å². The molecule has 7 nitrogen and oxygen atoms in total. The molecule has 1 unspecified atom stereocenters. The molecule has 2 rings (SSSR count). The highest BCUT2D eigenvalue weighted by Gasteiger charge is 2.44. The Morgan fingerprint density at radius 1 is 1.40 bits per heavy atom. The number of hydrogen-bond donors (Lipinski definition) is 2. The Labute approximate surface area is 117 Å². The molecular formula is C13H21N3O4. The molecule has 7 heteroatoms. The monoisotopic (exact) mass is 283 g/mol. The number of ether oxygens (including phenoxy) is 1. The van der Waals surface area contributed by atoms with E-state index in [2.05, 4.69) is 5.32 Å².